The van der Waals surface area contributed by atoms with Gasteiger partial charge in [0.05, 0.1) is 0 Å². The summed E-state index contributed by atoms with van der Waals surface area (Å²) in [5, 5.41) is 0. The smallest absolute Gasteiger partial charge is 0.276 e. The van der Waals surface area contributed by atoms with Crippen LogP contribution in [-0.4, -0.2) is 48.1 Å². The van der Waals surface area contributed by atoms with Gasteiger partial charge in [0.15, 0.2) is 29.3 Å². The van der Waals surface area contributed by atoms with Gasteiger partial charge in [0.2, 0.25) is 0 Å². The number of oxazole rings is 1. The summed E-state index contributed by atoms with van der Waals surface area (Å²) in [6, 6.07) is 15.4. The maximum atomic E-state index is 13.2. The van der Waals surface area contributed by atoms with Crippen LogP contribution in [0.5, 0.6) is 11.5 Å². The van der Waals surface area contributed by atoms with E-state index in [0.717, 1.165) is 11.1 Å². The zero-order chi connectivity index (χ0) is 19.8. The number of aromatic nitrogens is 1. The lowest BCUT2D eigenvalue weighted by molar-refractivity contribution is 0.0784. The maximum absolute atomic E-state index is 13.2. The molecule has 3 heterocycles. The lowest BCUT2D eigenvalue weighted by Crippen LogP contribution is -2.32. The van der Waals surface area contributed by atoms with E-state index >= 15 is 0 Å². The molecule has 0 aliphatic carbocycles. The number of carbonyl (C=O) groups excluding carboxylic acids is 1. The van der Waals surface area contributed by atoms with Crippen LogP contribution in [0.1, 0.15) is 22.0 Å². The minimum absolute atomic E-state index is 0. The van der Waals surface area contributed by atoms with E-state index in [1.165, 1.54) is 6.39 Å². The Balaban J connectivity index is 0.00000136. The Morgan fingerprint density at radius 2 is 1.74 bits per heavy atom. The fourth-order valence-corrected chi connectivity index (χ4v) is 3.99. The minimum atomic E-state index is -0.183. The average molecular weight is 464 g/mol. The van der Waals surface area contributed by atoms with Gasteiger partial charge in [-0.05, 0) is 23.8 Å². The van der Waals surface area contributed by atoms with E-state index in [2.05, 4.69) is 17.1 Å². The topological polar surface area (TPSA) is 90.8 Å². The molecule has 7 nitrogen and oxygen atoms in total. The molecule has 1 amide bonds. The summed E-state index contributed by atoms with van der Waals surface area (Å²) in [4.78, 5) is 19.2. The van der Waals surface area contributed by atoms with E-state index in [9.17, 15) is 4.79 Å². The second-order valence-corrected chi connectivity index (χ2v) is 7.28. The second kappa shape index (κ2) is 9.60. The molecule has 0 unspecified atom stereocenters. The molecule has 1 fully saturated rings. The first-order valence-electron chi connectivity index (χ1n) is 9.64. The molecule has 0 bridgehead atoms. The molecule has 31 heavy (non-hydrogen) atoms. The first-order chi connectivity index (χ1) is 14.2. The molecule has 0 spiro atoms. The third-order valence-corrected chi connectivity index (χ3v) is 5.45. The first kappa shape index (κ1) is 22.9. The zero-order valence-electron chi connectivity index (χ0n) is 16.6. The van der Waals surface area contributed by atoms with Crippen molar-refractivity contribution in [2.75, 3.05) is 26.3 Å². The number of carbonyl (C=O) groups is 1. The molecule has 0 saturated carbocycles. The van der Waals surface area contributed by atoms with E-state index in [1.807, 2.05) is 36.4 Å². The molecule has 9 heteroatoms. The lowest BCUT2D eigenvalue weighted by Gasteiger charge is -2.19. The number of hydrogen-bond acceptors (Lipinski definition) is 6. The van der Waals surface area contributed by atoms with Gasteiger partial charge in [-0.1, -0.05) is 30.3 Å². The number of rotatable bonds is 3. The quantitative estimate of drug-likeness (QED) is 0.638. The van der Waals surface area contributed by atoms with Crippen molar-refractivity contribution in [1.82, 2.24) is 9.88 Å². The summed E-state index contributed by atoms with van der Waals surface area (Å²) >= 11 is 0. The Morgan fingerprint density at radius 1 is 1.00 bits per heavy atom. The minimum Gasteiger partial charge on any atom is -0.486 e. The fourth-order valence-electron chi connectivity index (χ4n) is 3.99. The van der Waals surface area contributed by atoms with Crippen molar-refractivity contribution in [3.63, 3.8) is 0 Å². The average Bonchev–Trinajstić information content (AvgIpc) is 3.40. The molecular weight excluding hydrogens is 441 g/mol. The van der Waals surface area contributed by atoms with Crippen LogP contribution in [0.2, 0.25) is 0 Å². The number of fused-ring (bicyclic) bond motifs is 1. The molecule has 2 aliphatic rings. The number of likely N-dealkylation sites (tertiary alicyclic amines) is 1. The number of halogens is 2. The van der Waals surface area contributed by atoms with Crippen molar-refractivity contribution in [3.8, 4) is 22.8 Å². The monoisotopic (exact) mass is 463 g/mol. The van der Waals surface area contributed by atoms with Gasteiger partial charge in [-0.2, -0.15) is 0 Å². The van der Waals surface area contributed by atoms with Gasteiger partial charge in [-0.3, -0.25) is 4.79 Å². The summed E-state index contributed by atoms with van der Waals surface area (Å²) in [5.41, 5.74) is 8.49. The molecule has 2 aromatic carbocycles. The highest BCUT2D eigenvalue weighted by atomic mass is 35.5. The van der Waals surface area contributed by atoms with Crippen LogP contribution in [0.4, 0.5) is 0 Å². The van der Waals surface area contributed by atoms with Crippen molar-refractivity contribution in [3.05, 3.63) is 66.2 Å². The normalized spacial score (nSPS) is 19.3. The van der Waals surface area contributed by atoms with Crippen LogP contribution in [0, 0.1) is 0 Å². The van der Waals surface area contributed by atoms with Gasteiger partial charge in [-0.15, -0.1) is 24.8 Å². The molecule has 5 rings (SSSR count). The van der Waals surface area contributed by atoms with Gasteiger partial charge in [0.25, 0.3) is 5.91 Å². The van der Waals surface area contributed by atoms with E-state index in [4.69, 9.17) is 19.6 Å². The van der Waals surface area contributed by atoms with E-state index in [1.54, 1.807) is 4.90 Å². The molecular formula is C22H23Cl2N3O4. The molecule has 1 saturated heterocycles. The van der Waals surface area contributed by atoms with Gasteiger partial charge < -0.3 is 24.5 Å². The Hall–Kier alpha value is -2.74. The van der Waals surface area contributed by atoms with Crippen molar-refractivity contribution >= 4 is 30.7 Å². The van der Waals surface area contributed by atoms with Gasteiger partial charge in [0, 0.05) is 30.6 Å². The molecule has 164 valence electrons. The molecule has 2 atom stereocenters. The van der Waals surface area contributed by atoms with Crippen molar-refractivity contribution in [2.24, 2.45) is 5.73 Å². The largest absolute Gasteiger partial charge is 0.486 e. The Morgan fingerprint density at radius 3 is 2.52 bits per heavy atom. The van der Waals surface area contributed by atoms with E-state index < -0.39 is 0 Å². The number of amides is 1. The van der Waals surface area contributed by atoms with Gasteiger partial charge >= 0.3 is 0 Å². The van der Waals surface area contributed by atoms with Crippen LogP contribution < -0.4 is 15.2 Å². The zero-order valence-corrected chi connectivity index (χ0v) is 18.2. The summed E-state index contributed by atoms with van der Waals surface area (Å²) in [5.74, 6) is 1.66. The Bertz CT molecular complexity index is 1040. The van der Waals surface area contributed by atoms with Crippen molar-refractivity contribution in [2.45, 2.75) is 12.0 Å². The fraction of sp³-hybridized carbons (Fsp3) is 0.273. The van der Waals surface area contributed by atoms with Crippen molar-refractivity contribution in [1.29, 1.82) is 0 Å². The number of nitrogens with two attached hydrogens (primary N) is 1. The number of ether oxygens (including phenoxy) is 2. The maximum Gasteiger partial charge on any atom is 0.276 e. The highest BCUT2D eigenvalue weighted by molar-refractivity contribution is 5.98. The molecule has 1 aromatic heterocycles. The first-order valence-corrected chi connectivity index (χ1v) is 9.64. The SMILES string of the molecule is Cl.Cl.N[C@@H]1CN(C(=O)c2ncoc2-c2ccc3c(c2)OCCO3)C[C@H]1c1ccccc1. The molecule has 2 aliphatic heterocycles. The molecule has 3 aromatic rings. The number of hydrogen-bond donors (Lipinski definition) is 1. The highest BCUT2D eigenvalue weighted by Gasteiger charge is 2.36. The summed E-state index contributed by atoms with van der Waals surface area (Å²) in [6.45, 7) is 2.05. The summed E-state index contributed by atoms with van der Waals surface area (Å²) in [6.07, 6.45) is 1.30. The number of benzene rings is 2. The standard InChI is InChI=1S/C22H21N3O4.2ClH/c23-17-12-25(11-16(17)14-4-2-1-3-5-14)22(26)20-21(29-13-24-20)15-6-7-18-19(10-15)28-9-8-27-18;;/h1-7,10,13,16-17H,8-9,11-12,23H2;2*1H/t16-,17+;;/m0../s1. The van der Waals surface area contributed by atoms with Crippen LogP contribution in [0.25, 0.3) is 11.3 Å². The van der Waals surface area contributed by atoms with Gasteiger partial charge in [0.1, 0.15) is 13.2 Å². The van der Waals surface area contributed by atoms with E-state index in [-0.39, 0.29) is 48.4 Å². The lowest BCUT2D eigenvalue weighted by atomic mass is 9.95. The summed E-state index contributed by atoms with van der Waals surface area (Å²) in [7, 11) is 0. The van der Waals surface area contributed by atoms with Crippen LogP contribution in [-0.2, 0) is 0 Å². The van der Waals surface area contributed by atoms with Crippen LogP contribution in [0.3, 0.4) is 0 Å². The highest BCUT2D eigenvalue weighted by Crippen LogP contribution is 2.36. The second-order valence-electron chi connectivity index (χ2n) is 7.28. The third kappa shape index (κ3) is 4.35. The van der Waals surface area contributed by atoms with Gasteiger partial charge in [-0.25, -0.2) is 4.98 Å². The Labute approximate surface area is 192 Å². The van der Waals surface area contributed by atoms with Crippen LogP contribution >= 0.6 is 24.8 Å². The third-order valence-electron chi connectivity index (χ3n) is 5.45. The van der Waals surface area contributed by atoms with Crippen LogP contribution in [0.15, 0.2) is 59.3 Å². The predicted octanol–water partition coefficient (Wildman–Crippen LogP) is 3.52. The predicted molar refractivity (Wildman–Crippen MR) is 120 cm³/mol. The summed E-state index contributed by atoms with van der Waals surface area (Å²) < 4.78 is 16.8. The Kier molecular flexibility index (Phi) is 7.10. The number of nitrogens with zero attached hydrogens (tertiary/aromatic N) is 2. The molecule has 0 radical (unpaired) electrons. The molecule has 2 N–H and O–H groups in total. The van der Waals surface area contributed by atoms with E-state index in [0.29, 0.717) is 43.6 Å². The van der Waals surface area contributed by atoms with Crippen molar-refractivity contribution < 1.29 is 18.7 Å².